The van der Waals surface area contributed by atoms with Crippen molar-refractivity contribution in [3.05, 3.63) is 107 Å². The van der Waals surface area contributed by atoms with Gasteiger partial charge in [0.2, 0.25) is 10.0 Å². The highest BCUT2D eigenvalue weighted by atomic mass is 32.2. The smallest absolute Gasteiger partial charge is 0.243 e. The number of carbonyl (C=O) groups excluding carboxylic acids is 1. The van der Waals surface area contributed by atoms with E-state index in [0.717, 1.165) is 22.9 Å². The summed E-state index contributed by atoms with van der Waals surface area (Å²) in [6.07, 6.45) is 5.50. The standard InChI is InChI=1S/C29H24F2N4O4S/c1-39-27-10-9-23(15-24(27)31)40(37,38)34-13-11-20-14-26-19(17-33-35(26)22-7-5-21(30)6-8-22)16-29(20,18-34)28(36)25-4-2-3-12-32-25/h2-10,12,14-15,17H,11,13,16,18H2,1H3/t29-/m0/s1. The van der Waals surface area contributed by atoms with Crippen LogP contribution in [0.2, 0.25) is 0 Å². The average molecular weight is 563 g/mol. The first-order chi connectivity index (χ1) is 19.2. The molecule has 2 aliphatic rings. The SMILES string of the molecule is COc1ccc(S(=O)(=O)N2CCC3=Cc4c(cnn4-c4ccc(F)cc4)C[C@]3(C(=O)c3ccccn3)C2)cc1F. The van der Waals surface area contributed by atoms with Gasteiger partial charge < -0.3 is 4.74 Å². The first kappa shape index (κ1) is 26.0. The molecule has 1 fully saturated rings. The average Bonchev–Trinajstić information content (AvgIpc) is 3.38. The van der Waals surface area contributed by atoms with Crippen LogP contribution in [0.1, 0.15) is 28.2 Å². The van der Waals surface area contributed by atoms with Crippen LogP contribution in [0.5, 0.6) is 5.75 Å². The second kappa shape index (κ2) is 9.76. The van der Waals surface area contributed by atoms with E-state index >= 15 is 0 Å². The van der Waals surface area contributed by atoms with Crippen molar-refractivity contribution in [2.75, 3.05) is 20.2 Å². The summed E-state index contributed by atoms with van der Waals surface area (Å²) >= 11 is 0. The molecule has 0 spiro atoms. The van der Waals surface area contributed by atoms with Gasteiger partial charge in [-0.05, 0) is 79.1 Å². The summed E-state index contributed by atoms with van der Waals surface area (Å²) in [5.41, 5.74) is 1.88. The van der Waals surface area contributed by atoms with Gasteiger partial charge >= 0.3 is 0 Å². The van der Waals surface area contributed by atoms with Gasteiger partial charge in [0.05, 0.1) is 35.0 Å². The molecule has 0 radical (unpaired) electrons. The highest BCUT2D eigenvalue weighted by Crippen LogP contribution is 2.47. The van der Waals surface area contributed by atoms with Gasteiger partial charge in [0, 0.05) is 19.3 Å². The zero-order chi connectivity index (χ0) is 28.1. The molecule has 40 heavy (non-hydrogen) atoms. The number of aromatic nitrogens is 3. The number of hydrogen-bond donors (Lipinski definition) is 0. The number of Topliss-reactive ketones (excluding diaryl/α,β-unsaturated/α-hetero) is 1. The molecule has 0 unspecified atom stereocenters. The van der Waals surface area contributed by atoms with E-state index in [1.54, 1.807) is 41.2 Å². The Kier molecular flexibility index (Phi) is 6.35. The zero-order valence-electron chi connectivity index (χ0n) is 21.4. The topological polar surface area (TPSA) is 94.4 Å². The second-order valence-electron chi connectivity index (χ2n) is 9.80. The lowest BCUT2D eigenvalue weighted by Gasteiger charge is -2.44. The summed E-state index contributed by atoms with van der Waals surface area (Å²) in [6, 6.07) is 14.4. The molecule has 8 nitrogen and oxygen atoms in total. The predicted octanol–water partition coefficient (Wildman–Crippen LogP) is 4.46. The molecule has 1 atom stereocenters. The van der Waals surface area contributed by atoms with E-state index in [1.807, 2.05) is 6.08 Å². The maximum atomic E-state index is 14.5. The number of ether oxygens (including phenoxy) is 1. The lowest BCUT2D eigenvalue weighted by Crippen LogP contribution is -2.53. The summed E-state index contributed by atoms with van der Waals surface area (Å²) < 4.78 is 63.3. The van der Waals surface area contributed by atoms with E-state index in [4.69, 9.17) is 4.74 Å². The van der Waals surface area contributed by atoms with Crippen molar-refractivity contribution >= 4 is 21.9 Å². The van der Waals surface area contributed by atoms with Crippen molar-refractivity contribution in [3.63, 3.8) is 0 Å². The van der Waals surface area contributed by atoms with Gasteiger partial charge in [0.15, 0.2) is 17.3 Å². The number of hydrogen-bond acceptors (Lipinski definition) is 6. The Labute approximate surface area is 229 Å². The van der Waals surface area contributed by atoms with Crippen molar-refractivity contribution in [2.24, 2.45) is 5.41 Å². The molecule has 2 aromatic carbocycles. The molecule has 204 valence electrons. The van der Waals surface area contributed by atoms with E-state index < -0.39 is 21.3 Å². The van der Waals surface area contributed by atoms with Crippen LogP contribution in [-0.4, -0.2) is 53.5 Å². The highest BCUT2D eigenvalue weighted by Gasteiger charge is 2.51. The monoisotopic (exact) mass is 562 g/mol. The Bertz CT molecular complexity index is 1750. The number of benzene rings is 2. The lowest BCUT2D eigenvalue weighted by molar-refractivity contribution is 0.0770. The van der Waals surface area contributed by atoms with Gasteiger partial charge in [-0.2, -0.15) is 9.40 Å². The number of piperidine rings is 1. The zero-order valence-corrected chi connectivity index (χ0v) is 22.2. The minimum Gasteiger partial charge on any atom is -0.494 e. The molecule has 4 aromatic rings. The van der Waals surface area contributed by atoms with E-state index in [-0.39, 0.29) is 53.9 Å². The Balaban J connectivity index is 1.44. The van der Waals surface area contributed by atoms with E-state index in [1.165, 1.54) is 41.9 Å². The molecule has 2 aromatic heterocycles. The van der Waals surface area contributed by atoms with E-state index in [9.17, 15) is 22.0 Å². The van der Waals surface area contributed by atoms with Crippen molar-refractivity contribution < 1.29 is 26.7 Å². The van der Waals surface area contributed by atoms with Crippen molar-refractivity contribution in [1.82, 2.24) is 19.1 Å². The molecule has 0 bridgehead atoms. The lowest BCUT2D eigenvalue weighted by atomic mass is 9.65. The van der Waals surface area contributed by atoms with Crippen LogP contribution in [0, 0.1) is 17.0 Å². The summed E-state index contributed by atoms with van der Waals surface area (Å²) in [7, 11) is -2.85. The third kappa shape index (κ3) is 4.22. The maximum Gasteiger partial charge on any atom is 0.243 e. The number of methoxy groups -OCH3 is 1. The van der Waals surface area contributed by atoms with Gasteiger partial charge in [0.25, 0.3) is 0 Å². The van der Waals surface area contributed by atoms with Crippen molar-refractivity contribution in [3.8, 4) is 11.4 Å². The minimum atomic E-state index is -4.15. The number of sulfonamides is 1. The fourth-order valence-corrected chi connectivity index (χ4v) is 7.02. The van der Waals surface area contributed by atoms with Gasteiger partial charge in [-0.15, -0.1) is 0 Å². The fraction of sp³-hybridized carbons (Fsp3) is 0.207. The number of rotatable bonds is 6. The van der Waals surface area contributed by atoms with Crippen LogP contribution >= 0.6 is 0 Å². The Morgan fingerprint density at radius 3 is 2.58 bits per heavy atom. The molecular formula is C29H24F2N4O4S. The molecule has 1 aliphatic heterocycles. The number of halogens is 2. The number of ketones is 1. The van der Waals surface area contributed by atoms with Gasteiger partial charge in [-0.3, -0.25) is 9.78 Å². The number of carbonyl (C=O) groups is 1. The second-order valence-corrected chi connectivity index (χ2v) is 11.7. The molecule has 11 heteroatoms. The largest absolute Gasteiger partial charge is 0.494 e. The highest BCUT2D eigenvalue weighted by molar-refractivity contribution is 7.89. The van der Waals surface area contributed by atoms with E-state index in [2.05, 4.69) is 10.1 Å². The molecular weight excluding hydrogens is 538 g/mol. The molecule has 6 rings (SSSR count). The first-order valence-electron chi connectivity index (χ1n) is 12.6. The number of nitrogens with zero attached hydrogens (tertiary/aromatic N) is 4. The summed E-state index contributed by atoms with van der Waals surface area (Å²) in [4.78, 5) is 18.2. The molecule has 0 saturated carbocycles. The van der Waals surface area contributed by atoms with Crippen LogP contribution < -0.4 is 4.74 Å². The number of pyridine rings is 1. The normalized spacial score (nSPS) is 18.9. The van der Waals surface area contributed by atoms with Crippen molar-refractivity contribution in [2.45, 2.75) is 17.7 Å². The van der Waals surface area contributed by atoms with Gasteiger partial charge in [-0.25, -0.2) is 21.9 Å². The Hall–Kier alpha value is -4.22. The van der Waals surface area contributed by atoms with Crippen molar-refractivity contribution in [1.29, 1.82) is 0 Å². The Morgan fingerprint density at radius 2 is 1.88 bits per heavy atom. The Morgan fingerprint density at radius 1 is 1.07 bits per heavy atom. The first-order valence-corrected chi connectivity index (χ1v) is 14.0. The fourth-order valence-electron chi connectivity index (χ4n) is 5.51. The minimum absolute atomic E-state index is 0.0670. The van der Waals surface area contributed by atoms with Crippen LogP contribution in [0.4, 0.5) is 8.78 Å². The summed E-state index contributed by atoms with van der Waals surface area (Å²) in [5.74, 6) is -1.53. The van der Waals surface area contributed by atoms with Crippen LogP contribution in [-0.2, 0) is 16.4 Å². The predicted molar refractivity (Wildman–Crippen MR) is 143 cm³/mol. The molecule has 3 heterocycles. The van der Waals surface area contributed by atoms with Gasteiger partial charge in [0.1, 0.15) is 11.5 Å². The molecule has 1 aliphatic carbocycles. The quantitative estimate of drug-likeness (QED) is 0.322. The number of fused-ring (bicyclic) bond motifs is 2. The van der Waals surface area contributed by atoms with Crippen LogP contribution in [0.25, 0.3) is 11.8 Å². The maximum absolute atomic E-state index is 14.5. The van der Waals surface area contributed by atoms with Crippen LogP contribution in [0.15, 0.2) is 83.5 Å². The molecule has 1 saturated heterocycles. The van der Waals surface area contributed by atoms with E-state index in [0.29, 0.717) is 5.69 Å². The molecule has 0 amide bonds. The summed E-state index contributed by atoms with van der Waals surface area (Å²) in [5, 5.41) is 4.50. The van der Waals surface area contributed by atoms with Gasteiger partial charge in [-0.1, -0.05) is 11.6 Å². The summed E-state index contributed by atoms with van der Waals surface area (Å²) in [6.45, 7) is -0.0511. The molecule has 0 N–H and O–H groups in total. The third-order valence-electron chi connectivity index (χ3n) is 7.55. The third-order valence-corrected chi connectivity index (χ3v) is 9.39. The van der Waals surface area contributed by atoms with Crippen LogP contribution in [0.3, 0.4) is 0 Å².